The van der Waals surface area contributed by atoms with Crippen LogP contribution in [0.4, 0.5) is 22.0 Å². The lowest BCUT2D eigenvalue weighted by Crippen LogP contribution is -2.26. The molecular formula is C30H36F5O. The van der Waals surface area contributed by atoms with Crippen LogP contribution in [-0.4, -0.2) is 0 Å². The van der Waals surface area contributed by atoms with Gasteiger partial charge in [-0.2, -0.15) is 13.2 Å². The zero-order valence-electron chi connectivity index (χ0n) is 21.0. The summed E-state index contributed by atoms with van der Waals surface area (Å²) in [6, 6.07) is 7.54. The van der Waals surface area contributed by atoms with Crippen LogP contribution in [0.5, 0.6) is 11.5 Å². The normalized spacial score (nSPS) is 25.1. The highest BCUT2D eigenvalue weighted by atomic mass is 19.4. The second-order valence-corrected chi connectivity index (χ2v) is 10.7. The number of hydrogen-bond acceptors (Lipinski definition) is 1. The number of rotatable bonds is 8. The Hall–Kier alpha value is -2.11. The molecule has 6 heteroatoms. The first-order valence-corrected chi connectivity index (χ1v) is 13.5. The van der Waals surface area contributed by atoms with E-state index in [2.05, 4.69) is 13.0 Å². The van der Waals surface area contributed by atoms with Gasteiger partial charge < -0.3 is 4.74 Å². The van der Waals surface area contributed by atoms with Crippen molar-refractivity contribution in [2.75, 3.05) is 0 Å². The van der Waals surface area contributed by atoms with Crippen molar-refractivity contribution in [2.24, 2.45) is 17.8 Å². The van der Waals surface area contributed by atoms with Crippen molar-refractivity contribution in [1.82, 2.24) is 0 Å². The summed E-state index contributed by atoms with van der Waals surface area (Å²) in [6.45, 7) is 2.24. The fourth-order valence-electron chi connectivity index (χ4n) is 6.29. The van der Waals surface area contributed by atoms with Gasteiger partial charge >= 0.3 is 6.18 Å². The van der Waals surface area contributed by atoms with E-state index < -0.39 is 23.4 Å². The molecule has 0 aromatic heterocycles. The highest BCUT2D eigenvalue weighted by Gasteiger charge is 2.34. The van der Waals surface area contributed by atoms with Crippen molar-refractivity contribution in [3.63, 3.8) is 0 Å². The van der Waals surface area contributed by atoms with Gasteiger partial charge in [0, 0.05) is 11.6 Å². The second kappa shape index (κ2) is 12.0. The Balaban J connectivity index is 1.34. The summed E-state index contributed by atoms with van der Waals surface area (Å²) in [5.41, 5.74) is -0.797. The first-order chi connectivity index (χ1) is 17.3. The largest absolute Gasteiger partial charge is 0.454 e. The van der Waals surface area contributed by atoms with Crippen LogP contribution in [0.15, 0.2) is 30.3 Å². The van der Waals surface area contributed by atoms with Gasteiger partial charge in [-0.25, -0.2) is 8.78 Å². The van der Waals surface area contributed by atoms with Gasteiger partial charge in [0.15, 0.2) is 11.6 Å². The van der Waals surface area contributed by atoms with Gasteiger partial charge in [0.1, 0.15) is 11.6 Å². The van der Waals surface area contributed by atoms with Crippen molar-refractivity contribution in [3.8, 4) is 11.5 Å². The summed E-state index contributed by atoms with van der Waals surface area (Å²) in [7, 11) is 0. The summed E-state index contributed by atoms with van der Waals surface area (Å²) in [6.07, 6.45) is 9.43. The van der Waals surface area contributed by atoms with Crippen molar-refractivity contribution < 1.29 is 26.7 Å². The number of benzene rings is 2. The van der Waals surface area contributed by atoms with Crippen LogP contribution >= 0.6 is 0 Å². The van der Waals surface area contributed by atoms with Gasteiger partial charge in [-0.3, -0.25) is 0 Å². The summed E-state index contributed by atoms with van der Waals surface area (Å²) >= 11 is 0. The maximum atomic E-state index is 15.3. The number of alkyl halides is 3. The van der Waals surface area contributed by atoms with Crippen molar-refractivity contribution in [3.05, 3.63) is 59.2 Å². The van der Waals surface area contributed by atoms with Gasteiger partial charge in [-0.15, -0.1) is 0 Å². The van der Waals surface area contributed by atoms with Crippen molar-refractivity contribution in [2.45, 2.75) is 96.1 Å². The summed E-state index contributed by atoms with van der Waals surface area (Å²) in [5.74, 6) is 0.327. The monoisotopic (exact) mass is 507 g/mol. The zero-order valence-corrected chi connectivity index (χ0v) is 21.0. The molecule has 36 heavy (non-hydrogen) atoms. The Morgan fingerprint density at radius 2 is 1.47 bits per heavy atom. The Morgan fingerprint density at radius 1 is 0.861 bits per heavy atom. The molecule has 0 unspecified atom stereocenters. The molecule has 0 aliphatic heterocycles. The van der Waals surface area contributed by atoms with Gasteiger partial charge in [-0.1, -0.05) is 45.4 Å². The first-order valence-electron chi connectivity index (χ1n) is 13.5. The lowest BCUT2D eigenvalue weighted by molar-refractivity contribution is -0.137. The van der Waals surface area contributed by atoms with E-state index in [9.17, 15) is 17.6 Å². The number of hydrogen-bond donors (Lipinski definition) is 0. The Morgan fingerprint density at radius 3 is 2.06 bits per heavy atom. The summed E-state index contributed by atoms with van der Waals surface area (Å²) < 4.78 is 73.8. The van der Waals surface area contributed by atoms with Crippen LogP contribution in [0.25, 0.3) is 0 Å². The zero-order chi connectivity index (χ0) is 25.7. The first kappa shape index (κ1) is 26.9. The van der Waals surface area contributed by atoms with Crippen molar-refractivity contribution in [1.29, 1.82) is 0 Å². The number of ether oxygens (including phenoxy) is 1. The molecule has 1 nitrogen and oxygen atoms in total. The Labute approximate surface area is 211 Å². The van der Waals surface area contributed by atoms with Gasteiger partial charge in [0.05, 0.1) is 5.56 Å². The van der Waals surface area contributed by atoms with Crippen LogP contribution in [0.2, 0.25) is 0 Å². The molecule has 4 rings (SSSR count). The summed E-state index contributed by atoms with van der Waals surface area (Å²) in [4.78, 5) is 0. The molecule has 2 aliphatic rings. The Bertz CT molecular complexity index is 968. The van der Waals surface area contributed by atoms with Crippen LogP contribution in [0, 0.1) is 35.5 Å². The highest BCUT2D eigenvalue weighted by molar-refractivity contribution is 5.38. The molecule has 2 saturated carbocycles. The van der Waals surface area contributed by atoms with E-state index >= 15 is 4.39 Å². The lowest BCUT2D eigenvalue weighted by Gasteiger charge is -2.38. The van der Waals surface area contributed by atoms with Crippen LogP contribution in [0.3, 0.4) is 0 Å². The predicted octanol–water partition coefficient (Wildman–Crippen LogP) is 10.2. The molecule has 197 valence electrons. The minimum Gasteiger partial charge on any atom is -0.454 e. The lowest BCUT2D eigenvalue weighted by atomic mass is 9.68. The molecule has 0 heterocycles. The van der Waals surface area contributed by atoms with Crippen LogP contribution in [-0.2, 0) is 6.18 Å². The van der Waals surface area contributed by atoms with Crippen LogP contribution < -0.4 is 4.74 Å². The molecule has 2 aromatic carbocycles. The molecule has 2 aliphatic carbocycles. The topological polar surface area (TPSA) is 9.23 Å². The maximum absolute atomic E-state index is 15.3. The van der Waals surface area contributed by atoms with E-state index in [0.717, 1.165) is 67.9 Å². The number of unbranched alkanes of at least 4 members (excludes halogenated alkanes) is 2. The third kappa shape index (κ3) is 6.60. The average Bonchev–Trinajstić information content (AvgIpc) is 2.87. The fraction of sp³-hybridized carbons (Fsp3) is 0.600. The SMILES string of the molecule is CCCCC[C@H]1CC[C@H](C2CCC(c3c(F)c[c]c(Oc4ccc(C(F)(F)F)cc4)c3F)CC2)CC1. The average molecular weight is 508 g/mol. The highest BCUT2D eigenvalue weighted by Crippen LogP contribution is 2.46. The quantitative estimate of drug-likeness (QED) is 0.255. The third-order valence-electron chi connectivity index (χ3n) is 8.38. The van der Waals surface area contributed by atoms with E-state index in [1.165, 1.54) is 51.4 Å². The molecule has 0 saturated heterocycles. The third-order valence-corrected chi connectivity index (χ3v) is 8.38. The molecule has 0 spiro atoms. The van der Waals surface area contributed by atoms with E-state index in [-0.39, 0.29) is 23.0 Å². The molecule has 0 amide bonds. The molecule has 0 bridgehead atoms. The summed E-state index contributed by atoms with van der Waals surface area (Å²) in [5, 5.41) is 0. The van der Waals surface area contributed by atoms with Gasteiger partial charge in [-0.05, 0) is 92.5 Å². The Kier molecular flexibility index (Phi) is 8.95. The number of halogens is 5. The van der Waals surface area contributed by atoms with E-state index in [4.69, 9.17) is 4.74 Å². The van der Waals surface area contributed by atoms with Crippen LogP contribution in [0.1, 0.15) is 101 Å². The van der Waals surface area contributed by atoms with E-state index in [1.807, 2.05) is 0 Å². The smallest absolute Gasteiger partial charge is 0.416 e. The molecule has 0 N–H and O–H groups in total. The molecule has 2 aromatic rings. The minimum absolute atomic E-state index is 0.0220. The van der Waals surface area contributed by atoms with Gasteiger partial charge in [0.2, 0.25) is 0 Å². The van der Waals surface area contributed by atoms with E-state index in [0.29, 0.717) is 5.92 Å². The molecule has 0 atom stereocenters. The second-order valence-electron chi connectivity index (χ2n) is 10.7. The minimum atomic E-state index is -4.47. The van der Waals surface area contributed by atoms with E-state index in [1.54, 1.807) is 0 Å². The standard InChI is InChI=1S/C30H36F5O/c1-2-3-4-5-20-6-8-21(9-7-20)22-10-12-23(13-11-22)28-26(31)18-19-27(29(28)32)36-25-16-14-24(15-17-25)30(33,34)35/h14-18,20-23H,2-13H2,1H3/t20-,21-,22?,23?. The fourth-order valence-corrected chi connectivity index (χ4v) is 6.29. The molecular weight excluding hydrogens is 471 g/mol. The molecule has 1 radical (unpaired) electrons. The van der Waals surface area contributed by atoms with Gasteiger partial charge in [0.25, 0.3) is 0 Å². The molecule has 2 fully saturated rings. The maximum Gasteiger partial charge on any atom is 0.416 e. The predicted molar refractivity (Wildman–Crippen MR) is 131 cm³/mol. The van der Waals surface area contributed by atoms with Crippen molar-refractivity contribution >= 4 is 0 Å².